The van der Waals surface area contributed by atoms with Crippen LogP contribution in [0.2, 0.25) is 5.02 Å². The molecule has 0 aromatic heterocycles. The summed E-state index contributed by atoms with van der Waals surface area (Å²) >= 11 is 5.84. The molecule has 0 aliphatic heterocycles. The van der Waals surface area contributed by atoms with Crippen molar-refractivity contribution in [1.82, 2.24) is 5.32 Å². The Morgan fingerprint density at radius 1 is 1.42 bits per heavy atom. The first-order valence-corrected chi connectivity index (χ1v) is 6.79. The quantitative estimate of drug-likeness (QED) is 0.894. The third-order valence-electron chi connectivity index (χ3n) is 3.81. The van der Waals surface area contributed by atoms with Crippen LogP contribution in [0.15, 0.2) is 18.2 Å². The maximum Gasteiger partial charge on any atom is 0.255 e. The third-order valence-corrected chi connectivity index (χ3v) is 4.13. The summed E-state index contributed by atoms with van der Waals surface area (Å²) in [5.74, 6) is -1.16. The average Bonchev–Trinajstić information content (AvgIpc) is 2.86. The van der Waals surface area contributed by atoms with E-state index in [0.717, 1.165) is 25.7 Å². The lowest BCUT2D eigenvalue weighted by Gasteiger charge is -2.26. The Labute approximate surface area is 116 Å². The Kier molecular flexibility index (Phi) is 4.42. The van der Waals surface area contributed by atoms with Gasteiger partial charge in [-0.05, 0) is 25.0 Å². The number of amides is 1. The summed E-state index contributed by atoms with van der Waals surface area (Å²) in [7, 11) is 0. The number of aliphatic hydroxyl groups excluding tert-OH is 1. The van der Waals surface area contributed by atoms with Crippen LogP contribution in [0.25, 0.3) is 0 Å². The molecule has 19 heavy (non-hydrogen) atoms. The van der Waals surface area contributed by atoms with Crippen molar-refractivity contribution in [2.75, 3.05) is 13.2 Å². The van der Waals surface area contributed by atoms with Crippen LogP contribution < -0.4 is 5.32 Å². The smallest absolute Gasteiger partial charge is 0.255 e. The number of benzene rings is 1. The van der Waals surface area contributed by atoms with E-state index in [9.17, 15) is 14.3 Å². The Bertz CT molecular complexity index is 452. The van der Waals surface area contributed by atoms with Crippen molar-refractivity contribution >= 4 is 17.5 Å². The number of carbonyl (C=O) groups excluding carboxylic acids is 1. The zero-order valence-electron chi connectivity index (χ0n) is 10.6. The van der Waals surface area contributed by atoms with Crippen LogP contribution in [-0.4, -0.2) is 24.2 Å². The summed E-state index contributed by atoms with van der Waals surface area (Å²) < 4.78 is 13.6. The predicted octanol–water partition coefficient (Wildman–Crippen LogP) is 2.76. The van der Waals surface area contributed by atoms with Crippen LogP contribution in [0.4, 0.5) is 4.39 Å². The molecular formula is C14H17ClFNO2. The number of hydrogen-bond donors (Lipinski definition) is 2. The van der Waals surface area contributed by atoms with Crippen LogP contribution in [-0.2, 0) is 0 Å². The minimum absolute atomic E-state index is 0.0400. The number of hydrogen-bond acceptors (Lipinski definition) is 2. The van der Waals surface area contributed by atoms with E-state index < -0.39 is 11.7 Å². The largest absolute Gasteiger partial charge is 0.396 e. The van der Waals surface area contributed by atoms with Gasteiger partial charge in [-0.15, -0.1) is 0 Å². The van der Waals surface area contributed by atoms with Crippen LogP contribution >= 0.6 is 11.6 Å². The highest BCUT2D eigenvalue weighted by Gasteiger charge is 2.33. The summed E-state index contributed by atoms with van der Waals surface area (Å²) in [6.07, 6.45) is 3.87. The molecule has 2 N–H and O–H groups in total. The lowest BCUT2D eigenvalue weighted by atomic mass is 9.87. The van der Waals surface area contributed by atoms with Gasteiger partial charge in [0.2, 0.25) is 0 Å². The number of nitrogens with one attached hydrogen (secondary N) is 1. The lowest BCUT2D eigenvalue weighted by molar-refractivity contribution is 0.0877. The molecule has 2 rings (SSSR count). The van der Waals surface area contributed by atoms with Crippen LogP contribution in [0.3, 0.4) is 0 Å². The Hall–Kier alpha value is -1.13. The molecule has 1 amide bonds. The summed E-state index contributed by atoms with van der Waals surface area (Å²) in [6.45, 7) is 0.394. The molecule has 104 valence electrons. The Morgan fingerprint density at radius 3 is 2.68 bits per heavy atom. The molecule has 0 spiro atoms. The average molecular weight is 286 g/mol. The van der Waals surface area contributed by atoms with Gasteiger partial charge in [0.1, 0.15) is 5.82 Å². The highest BCUT2D eigenvalue weighted by atomic mass is 35.5. The Balaban J connectivity index is 2.05. The minimum atomic E-state index is -0.630. The molecule has 0 heterocycles. The lowest BCUT2D eigenvalue weighted by Crippen LogP contribution is -2.38. The topological polar surface area (TPSA) is 49.3 Å². The fourth-order valence-electron chi connectivity index (χ4n) is 2.59. The minimum Gasteiger partial charge on any atom is -0.396 e. The van der Waals surface area contributed by atoms with Crippen LogP contribution in [0, 0.1) is 11.2 Å². The molecule has 1 fully saturated rings. The molecule has 0 unspecified atom stereocenters. The van der Waals surface area contributed by atoms with Gasteiger partial charge in [-0.2, -0.15) is 0 Å². The third kappa shape index (κ3) is 3.07. The van der Waals surface area contributed by atoms with Crippen molar-refractivity contribution in [2.24, 2.45) is 5.41 Å². The summed E-state index contributed by atoms with van der Waals surface area (Å²) in [5, 5.41) is 12.2. The van der Waals surface area contributed by atoms with Gasteiger partial charge in [-0.1, -0.05) is 30.5 Å². The first-order chi connectivity index (χ1) is 9.08. The molecule has 3 nitrogen and oxygen atoms in total. The second kappa shape index (κ2) is 5.88. The Morgan fingerprint density at radius 2 is 2.11 bits per heavy atom. The predicted molar refractivity (Wildman–Crippen MR) is 71.7 cm³/mol. The molecule has 0 radical (unpaired) electrons. The molecule has 1 aliphatic carbocycles. The van der Waals surface area contributed by atoms with Crippen LogP contribution in [0.5, 0.6) is 0 Å². The first kappa shape index (κ1) is 14.3. The van der Waals surface area contributed by atoms with Crippen molar-refractivity contribution in [3.63, 3.8) is 0 Å². The van der Waals surface area contributed by atoms with Gasteiger partial charge < -0.3 is 10.4 Å². The van der Waals surface area contributed by atoms with E-state index in [2.05, 4.69) is 5.32 Å². The highest BCUT2D eigenvalue weighted by molar-refractivity contribution is 6.33. The number of carbonyl (C=O) groups is 1. The van der Waals surface area contributed by atoms with E-state index in [-0.39, 0.29) is 22.6 Å². The van der Waals surface area contributed by atoms with E-state index in [1.165, 1.54) is 18.2 Å². The van der Waals surface area contributed by atoms with E-state index in [0.29, 0.717) is 6.54 Å². The van der Waals surface area contributed by atoms with Crippen LogP contribution in [0.1, 0.15) is 36.0 Å². The number of rotatable bonds is 4. The van der Waals surface area contributed by atoms with Gasteiger partial charge in [0.05, 0.1) is 17.2 Å². The summed E-state index contributed by atoms with van der Waals surface area (Å²) in [4.78, 5) is 12.0. The molecule has 0 saturated heterocycles. The molecule has 1 aromatic carbocycles. The summed E-state index contributed by atoms with van der Waals surface area (Å²) in [5.41, 5.74) is -0.386. The molecular weight excluding hydrogens is 269 g/mol. The maximum atomic E-state index is 13.6. The second-order valence-electron chi connectivity index (χ2n) is 5.14. The number of halogens is 2. The number of aliphatic hydroxyl groups is 1. The standard InChI is InChI=1S/C14H17ClFNO2/c15-10-4-3-5-11(16)12(10)13(19)17-8-14(9-18)6-1-2-7-14/h3-5,18H,1-2,6-9H2,(H,17,19). The summed E-state index contributed by atoms with van der Waals surface area (Å²) in [6, 6.07) is 4.15. The normalized spacial score (nSPS) is 17.4. The molecule has 5 heteroatoms. The van der Waals surface area contributed by atoms with Gasteiger partial charge in [-0.3, -0.25) is 4.79 Å². The van der Waals surface area contributed by atoms with Gasteiger partial charge in [0.25, 0.3) is 5.91 Å². The van der Waals surface area contributed by atoms with Crippen molar-refractivity contribution < 1.29 is 14.3 Å². The zero-order chi connectivity index (χ0) is 13.9. The molecule has 1 aromatic rings. The van der Waals surface area contributed by atoms with E-state index in [1.54, 1.807) is 0 Å². The van der Waals surface area contributed by atoms with E-state index >= 15 is 0 Å². The zero-order valence-corrected chi connectivity index (χ0v) is 11.3. The SMILES string of the molecule is O=C(NCC1(CO)CCCC1)c1c(F)cccc1Cl. The molecule has 0 atom stereocenters. The highest BCUT2D eigenvalue weighted by Crippen LogP contribution is 2.37. The van der Waals surface area contributed by atoms with Gasteiger partial charge in [0.15, 0.2) is 0 Å². The van der Waals surface area contributed by atoms with Crippen molar-refractivity contribution in [2.45, 2.75) is 25.7 Å². The maximum absolute atomic E-state index is 13.6. The van der Waals surface area contributed by atoms with Crippen molar-refractivity contribution in [3.8, 4) is 0 Å². The van der Waals surface area contributed by atoms with Gasteiger partial charge >= 0.3 is 0 Å². The molecule has 1 saturated carbocycles. The van der Waals surface area contributed by atoms with Gasteiger partial charge in [0, 0.05) is 12.0 Å². The van der Waals surface area contributed by atoms with Crippen molar-refractivity contribution in [3.05, 3.63) is 34.6 Å². The van der Waals surface area contributed by atoms with Crippen molar-refractivity contribution in [1.29, 1.82) is 0 Å². The fraction of sp³-hybridized carbons (Fsp3) is 0.500. The van der Waals surface area contributed by atoms with E-state index in [4.69, 9.17) is 11.6 Å². The molecule has 0 bridgehead atoms. The first-order valence-electron chi connectivity index (χ1n) is 6.41. The van der Waals surface area contributed by atoms with E-state index in [1.807, 2.05) is 0 Å². The molecule has 1 aliphatic rings. The monoisotopic (exact) mass is 285 g/mol. The fourth-order valence-corrected chi connectivity index (χ4v) is 2.84. The van der Waals surface area contributed by atoms with Gasteiger partial charge in [-0.25, -0.2) is 4.39 Å². The second-order valence-corrected chi connectivity index (χ2v) is 5.55.